The van der Waals surface area contributed by atoms with E-state index < -0.39 is 0 Å². The van der Waals surface area contributed by atoms with Crippen LogP contribution in [-0.2, 0) is 4.79 Å². The standard InChI is InChI=1S/C20H25ClN2O/c1-12-10-13(2)19(14(3)11-12)23-20(24)16(5)22-15(4)17-8-6-7-9-18(17)21/h6-11,15-16,22H,1-5H3,(H,23,24)/p+1/t15-,16-/m0/s1. The summed E-state index contributed by atoms with van der Waals surface area (Å²) in [5.41, 5.74) is 5.34. The molecule has 0 aromatic heterocycles. The van der Waals surface area contributed by atoms with Gasteiger partial charge in [0.1, 0.15) is 6.04 Å². The lowest BCUT2D eigenvalue weighted by Gasteiger charge is -2.19. The van der Waals surface area contributed by atoms with Crippen molar-refractivity contribution in [2.75, 3.05) is 5.32 Å². The molecule has 3 N–H and O–H groups in total. The molecule has 2 atom stereocenters. The van der Waals surface area contributed by atoms with Crippen LogP contribution in [-0.4, -0.2) is 11.9 Å². The monoisotopic (exact) mass is 345 g/mol. The minimum absolute atomic E-state index is 0.00366. The van der Waals surface area contributed by atoms with Crippen LogP contribution in [0.5, 0.6) is 0 Å². The molecule has 0 radical (unpaired) electrons. The van der Waals surface area contributed by atoms with E-state index in [1.165, 1.54) is 5.56 Å². The summed E-state index contributed by atoms with van der Waals surface area (Å²) in [4.78, 5) is 12.6. The number of nitrogens with one attached hydrogen (secondary N) is 1. The van der Waals surface area contributed by atoms with Crippen LogP contribution in [0.2, 0.25) is 5.02 Å². The number of rotatable bonds is 5. The first-order valence-corrected chi connectivity index (χ1v) is 8.65. The lowest BCUT2D eigenvalue weighted by Crippen LogP contribution is -2.91. The molecule has 0 fully saturated rings. The number of quaternary nitrogens is 1. The molecular formula is C20H26ClN2O+. The van der Waals surface area contributed by atoms with Crippen LogP contribution < -0.4 is 10.6 Å². The summed E-state index contributed by atoms with van der Waals surface area (Å²) in [5.74, 6) is 0.00366. The zero-order valence-corrected chi connectivity index (χ0v) is 15.7. The van der Waals surface area contributed by atoms with Gasteiger partial charge in [-0.2, -0.15) is 0 Å². The highest BCUT2D eigenvalue weighted by atomic mass is 35.5. The maximum absolute atomic E-state index is 12.6. The molecule has 2 rings (SSSR count). The fourth-order valence-corrected chi connectivity index (χ4v) is 3.39. The van der Waals surface area contributed by atoms with Gasteiger partial charge in [0.05, 0.1) is 0 Å². The van der Waals surface area contributed by atoms with Crippen LogP contribution in [0.25, 0.3) is 0 Å². The first kappa shape index (κ1) is 18.5. The van der Waals surface area contributed by atoms with Crippen LogP contribution in [0.3, 0.4) is 0 Å². The van der Waals surface area contributed by atoms with Gasteiger partial charge in [-0.1, -0.05) is 47.5 Å². The first-order valence-electron chi connectivity index (χ1n) is 8.27. The van der Waals surface area contributed by atoms with E-state index in [9.17, 15) is 4.79 Å². The summed E-state index contributed by atoms with van der Waals surface area (Å²) in [6.45, 7) is 10.1. The molecule has 0 unspecified atom stereocenters. The van der Waals surface area contributed by atoms with E-state index in [-0.39, 0.29) is 18.0 Å². The average molecular weight is 346 g/mol. The molecule has 0 heterocycles. The fraction of sp³-hybridized carbons (Fsp3) is 0.350. The third kappa shape index (κ3) is 4.37. The van der Waals surface area contributed by atoms with Gasteiger partial charge in [-0.3, -0.25) is 4.79 Å². The van der Waals surface area contributed by atoms with Gasteiger partial charge in [0.15, 0.2) is 6.04 Å². The Morgan fingerprint density at radius 3 is 2.25 bits per heavy atom. The number of carbonyl (C=O) groups excluding carboxylic acids is 1. The van der Waals surface area contributed by atoms with Crippen molar-refractivity contribution < 1.29 is 10.1 Å². The zero-order valence-electron chi connectivity index (χ0n) is 15.0. The Hall–Kier alpha value is -1.84. The van der Waals surface area contributed by atoms with Gasteiger partial charge in [0, 0.05) is 16.3 Å². The van der Waals surface area contributed by atoms with E-state index in [0.29, 0.717) is 0 Å². The highest BCUT2D eigenvalue weighted by Crippen LogP contribution is 2.22. The smallest absolute Gasteiger partial charge is 0.282 e. The summed E-state index contributed by atoms with van der Waals surface area (Å²) in [6, 6.07) is 11.8. The van der Waals surface area contributed by atoms with Crippen LogP contribution >= 0.6 is 11.6 Å². The molecule has 0 spiro atoms. The van der Waals surface area contributed by atoms with Gasteiger partial charge in [-0.15, -0.1) is 0 Å². The summed E-state index contributed by atoms with van der Waals surface area (Å²) in [6.07, 6.45) is 0. The van der Waals surface area contributed by atoms with Crippen molar-refractivity contribution in [2.45, 2.75) is 46.7 Å². The van der Waals surface area contributed by atoms with E-state index in [1.807, 2.05) is 50.4 Å². The predicted molar refractivity (Wildman–Crippen MR) is 101 cm³/mol. The Balaban J connectivity index is 2.07. The Bertz CT molecular complexity index is 719. The first-order chi connectivity index (χ1) is 11.3. The van der Waals surface area contributed by atoms with Crippen LogP contribution in [0, 0.1) is 20.8 Å². The molecule has 3 nitrogen and oxygen atoms in total. The minimum atomic E-state index is -0.212. The second-order valence-electron chi connectivity index (χ2n) is 6.55. The van der Waals surface area contributed by atoms with Gasteiger partial charge in [0.25, 0.3) is 5.91 Å². The third-order valence-electron chi connectivity index (χ3n) is 4.31. The van der Waals surface area contributed by atoms with Gasteiger partial charge >= 0.3 is 0 Å². The summed E-state index contributed by atoms with van der Waals surface area (Å²) in [7, 11) is 0. The van der Waals surface area contributed by atoms with Crippen molar-refractivity contribution >= 4 is 23.2 Å². The Morgan fingerprint density at radius 2 is 1.67 bits per heavy atom. The average Bonchev–Trinajstić information content (AvgIpc) is 2.50. The van der Waals surface area contributed by atoms with Crippen molar-refractivity contribution in [3.05, 3.63) is 63.7 Å². The molecule has 0 aliphatic heterocycles. The SMILES string of the molecule is Cc1cc(C)c(NC(=O)[C@H](C)[NH2+][C@@H](C)c2ccccc2Cl)c(C)c1. The Kier molecular flexibility index (Phi) is 6.03. The second-order valence-corrected chi connectivity index (χ2v) is 6.96. The molecule has 0 bridgehead atoms. The lowest BCUT2D eigenvalue weighted by molar-refractivity contribution is -0.709. The predicted octanol–water partition coefficient (Wildman–Crippen LogP) is 3.92. The van der Waals surface area contributed by atoms with E-state index >= 15 is 0 Å². The summed E-state index contributed by atoms with van der Waals surface area (Å²) >= 11 is 6.25. The maximum Gasteiger partial charge on any atom is 0.282 e. The van der Waals surface area contributed by atoms with Gasteiger partial charge in [-0.25, -0.2) is 0 Å². The number of nitrogens with two attached hydrogens (primary N) is 1. The van der Waals surface area contributed by atoms with E-state index in [4.69, 9.17) is 11.6 Å². The lowest BCUT2D eigenvalue weighted by atomic mass is 10.0. The van der Waals surface area contributed by atoms with E-state index in [0.717, 1.165) is 27.4 Å². The van der Waals surface area contributed by atoms with Crippen molar-refractivity contribution in [1.82, 2.24) is 0 Å². The molecule has 24 heavy (non-hydrogen) atoms. The van der Waals surface area contributed by atoms with Crippen molar-refractivity contribution in [1.29, 1.82) is 0 Å². The maximum atomic E-state index is 12.6. The third-order valence-corrected chi connectivity index (χ3v) is 4.66. The molecule has 0 saturated heterocycles. The number of anilines is 1. The molecule has 0 aliphatic rings. The number of aryl methyl sites for hydroxylation is 3. The van der Waals surface area contributed by atoms with Crippen molar-refractivity contribution in [2.24, 2.45) is 0 Å². The van der Waals surface area contributed by atoms with E-state index in [1.54, 1.807) is 0 Å². The van der Waals surface area contributed by atoms with Gasteiger partial charge < -0.3 is 10.6 Å². The molecule has 1 amide bonds. The molecule has 0 aliphatic carbocycles. The van der Waals surface area contributed by atoms with Crippen LogP contribution in [0.4, 0.5) is 5.69 Å². The van der Waals surface area contributed by atoms with E-state index in [2.05, 4.69) is 31.3 Å². The molecule has 4 heteroatoms. The summed E-state index contributed by atoms with van der Waals surface area (Å²) in [5, 5.41) is 5.85. The van der Waals surface area contributed by atoms with Gasteiger partial charge in [-0.05, 0) is 51.8 Å². The normalized spacial score (nSPS) is 13.4. The molecule has 0 saturated carbocycles. The zero-order chi connectivity index (χ0) is 17.9. The number of carbonyl (C=O) groups is 1. The second kappa shape index (κ2) is 7.82. The van der Waals surface area contributed by atoms with Crippen molar-refractivity contribution in [3.63, 3.8) is 0 Å². The number of amides is 1. The molecule has 128 valence electrons. The molecule has 2 aromatic rings. The molecular weight excluding hydrogens is 320 g/mol. The number of halogens is 1. The number of benzene rings is 2. The van der Waals surface area contributed by atoms with Crippen LogP contribution in [0.1, 0.15) is 42.1 Å². The van der Waals surface area contributed by atoms with Gasteiger partial charge in [0.2, 0.25) is 0 Å². The largest absolute Gasteiger partial charge is 0.330 e. The highest BCUT2D eigenvalue weighted by Gasteiger charge is 2.22. The fourth-order valence-electron chi connectivity index (χ4n) is 3.08. The molecule has 2 aromatic carbocycles. The van der Waals surface area contributed by atoms with Crippen LogP contribution in [0.15, 0.2) is 36.4 Å². The quantitative estimate of drug-likeness (QED) is 0.847. The number of hydrogen-bond acceptors (Lipinski definition) is 1. The summed E-state index contributed by atoms with van der Waals surface area (Å²) < 4.78 is 0. The minimum Gasteiger partial charge on any atom is -0.330 e. The van der Waals surface area contributed by atoms with Crippen molar-refractivity contribution in [3.8, 4) is 0 Å². The Labute approximate surface area is 149 Å². The Morgan fingerprint density at radius 1 is 1.08 bits per heavy atom. The topological polar surface area (TPSA) is 45.7 Å². The number of hydrogen-bond donors (Lipinski definition) is 2. The highest BCUT2D eigenvalue weighted by molar-refractivity contribution is 6.31.